The van der Waals surface area contributed by atoms with Crippen LogP contribution in [0.25, 0.3) is 0 Å². The SMILES string of the molecule is [2H]C(OC[C@H]1OC(O[C@H]2[C@@H](OC(=O)c3ccccc3)[C@@H](COC(=O)c3ccccc3)O[C@@H](O[C@H]3[C@H](OC(C)=O)[C@@H](OC(C)=O)[C@@H](OC)O[C@@H]3COCc3ccccc3)[C@@H]2OC(=O)c2ccccc2)[C@H](OC([2H])c2ccccc2)[C@@H](OC([2H])c2ccccc2)[C@H]1OC([2H])c1ccccc1)c1ccccc1. The molecule has 3 saturated heterocycles. The number of methoxy groups -OCH3 is 1. The van der Waals surface area contributed by atoms with Crippen LogP contribution in [0, 0.1) is 0 Å². The van der Waals surface area contributed by atoms with Gasteiger partial charge in [-0.3, -0.25) is 9.59 Å². The summed E-state index contributed by atoms with van der Waals surface area (Å²) in [5.74, 6) is -4.65. The van der Waals surface area contributed by atoms with Gasteiger partial charge in [-0.05, 0) is 64.2 Å². The first-order valence-corrected chi connectivity index (χ1v) is 32.6. The van der Waals surface area contributed by atoms with Crippen LogP contribution in [0.1, 0.15) is 78.2 Å². The number of benzene rings is 8. The minimum absolute atomic E-state index is 0.00319. The molecule has 100 heavy (non-hydrogen) atoms. The Morgan fingerprint density at radius 3 is 1.16 bits per heavy atom. The quantitative estimate of drug-likeness (QED) is 0.0290. The summed E-state index contributed by atoms with van der Waals surface area (Å²) in [7, 11) is 1.28. The summed E-state index contributed by atoms with van der Waals surface area (Å²) in [4.78, 5) is 71.5. The predicted octanol–water partition coefficient (Wildman–Crippen LogP) is 10.9. The molecule has 8 aromatic rings. The highest BCUT2D eigenvalue weighted by Crippen LogP contribution is 2.40. The maximum Gasteiger partial charge on any atom is 0.338 e. The number of esters is 5. The van der Waals surface area contributed by atoms with Crippen molar-refractivity contribution in [1.82, 2.24) is 0 Å². The van der Waals surface area contributed by atoms with Crippen molar-refractivity contribution >= 4 is 29.8 Å². The summed E-state index contributed by atoms with van der Waals surface area (Å²) in [6.07, 6.45) is -26.1. The van der Waals surface area contributed by atoms with Crippen LogP contribution in [0.3, 0.4) is 0 Å². The Bertz CT molecular complexity index is 3960. The largest absolute Gasteiger partial charge is 0.459 e. The van der Waals surface area contributed by atoms with Gasteiger partial charge in [-0.25, -0.2) is 14.4 Å². The number of hydrogen-bond donors (Lipinski definition) is 0. The molecule has 3 aliphatic heterocycles. The van der Waals surface area contributed by atoms with Crippen LogP contribution in [-0.4, -0.2) is 149 Å². The Morgan fingerprint density at radius 2 is 0.680 bits per heavy atom. The lowest BCUT2D eigenvalue weighted by Gasteiger charge is -2.51. The van der Waals surface area contributed by atoms with Crippen molar-refractivity contribution in [2.24, 2.45) is 0 Å². The van der Waals surface area contributed by atoms with Gasteiger partial charge in [0.25, 0.3) is 0 Å². The van der Waals surface area contributed by atoms with Gasteiger partial charge < -0.3 is 75.8 Å². The molecule has 0 radical (unpaired) electrons. The second-order valence-electron chi connectivity index (χ2n) is 23.4. The summed E-state index contributed by atoms with van der Waals surface area (Å²) in [5, 5.41) is 0. The molecular weight excluding hydrogens is 1280 g/mol. The van der Waals surface area contributed by atoms with E-state index in [1.54, 1.807) is 176 Å². The second-order valence-corrected chi connectivity index (χ2v) is 23.4. The Kier molecular flexibility index (Phi) is 24.4. The minimum Gasteiger partial charge on any atom is -0.459 e. The third-order valence-corrected chi connectivity index (χ3v) is 16.2. The lowest BCUT2D eigenvalue weighted by atomic mass is 9.94. The van der Waals surface area contributed by atoms with Crippen LogP contribution in [0.2, 0.25) is 0 Å². The van der Waals surface area contributed by atoms with Gasteiger partial charge in [-0.15, -0.1) is 0 Å². The van der Waals surface area contributed by atoms with Crippen molar-refractivity contribution in [3.05, 3.63) is 287 Å². The molecule has 3 fully saturated rings. The molecule has 0 N–H and O–H groups in total. The Balaban J connectivity index is 1.12. The smallest absolute Gasteiger partial charge is 0.338 e. The van der Waals surface area contributed by atoms with Crippen molar-refractivity contribution in [1.29, 1.82) is 0 Å². The second kappa shape index (κ2) is 36.7. The Labute approximate surface area is 585 Å². The van der Waals surface area contributed by atoms with Crippen molar-refractivity contribution < 1.29 is 105 Å². The maximum atomic E-state index is 15.3. The van der Waals surface area contributed by atoms with Gasteiger partial charge >= 0.3 is 29.8 Å². The van der Waals surface area contributed by atoms with E-state index in [-0.39, 0.29) is 29.9 Å². The van der Waals surface area contributed by atoms with Gasteiger partial charge in [0, 0.05) is 21.0 Å². The summed E-state index contributed by atoms with van der Waals surface area (Å²) < 4.78 is 144. The van der Waals surface area contributed by atoms with Crippen LogP contribution < -0.4 is 0 Å². The Hall–Kier alpha value is -9.33. The van der Waals surface area contributed by atoms with E-state index in [2.05, 4.69) is 0 Å². The summed E-state index contributed by atoms with van der Waals surface area (Å²) in [6, 6.07) is 66.8. The monoisotopic (exact) mass is 1370 g/mol. The fourth-order valence-electron chi connectivity index (χ4n) is 11.5. The van der Waals surface area contributed by atoms with Crippen LogP contribution in [-0.2, 0) is 118 Å². The van der Waals surface area contributed by atoms with Crippen LogP contribution in [0.4, 0.5) is 0 Å². The number of carbonyl (C=O) groups excluding carboxylic acids is 5. The predicted molar refractivity (Wildman–Crippen MR) is 359 cm³/mol. The van der Waals surface area contributed by atoms with Crippen molar-refractivity contribution in [2.45, 2.75) is 139 Å². The average molecular weight is 1370 g/mol. The first-order chi connectivity index (χ1) is 50.6. The topological polar surface area (TPSA) is 233 Å². The van der Waals surface area contributed by atoms with E-state index in [0.717, 1.165) is 19.4 Å². The van der Waals surface area contributed by atoms with E-state index in [9.17, 15) is 19.9 Å². The number of rotatable bonds is 31. The van der Waals surface area contributed by atoms with E-state index in [0.29, 0.717) is 22.3 Å². The van der Waals surface area contributed by atoms with Gasteiger partial charge in [0.05, 0.1) is 68.3 Å². The normalized spacial score (nSPS) is 26.8. The molecule has 3 aliphatic rings. The van der Waals surface area contributed by atoms with Gasteiger partial charge in [-0.1, -0.05) is 206 Å². The van der Waals surface area contributed by atoms with Crippen molar-refractivity contribution in [2.75, 3.05) is 26.9 Å². The highest BCUT2D eigenvalue weighted by Gasteiger charge is 2.59. The lowest BCUT2D eigenvalue weighted by molar-refractivity contribution is -0.384. The zero-order chi connectivity index (χ0) is 72.9. The van der Waals surface area contributed by atoms with E-state index >= 15 is 9.59 Å². The molecule has 19 atom stereocenters. The first-order valence-electron chi connectivity index (χ1n) is 34.9. The summed E-state index contributed by atoms with van der Waals surface area (Å²) in [5.41, 5.74) is 2.32. The molecule has 3 heterocycles. The van der Waals surface area contributed by atoms with Crippen LogP contribution >= 0.6 is 0 Å². The fourth-order valence-corrected chi connectivity index (χ4v) is 11.5. The molecule has 522 valence electrons. The first kappa shape index (κ1) is 66.5. The van der Waals surface area contributed by atoms with E-state index in [4.69, 9.17) is 75.8 Å². The zero-order valence-electron chi connectivity index (χ0n) is 59.0. The Morgan fingerprint density at radius 1 is 0.330 bits per heavy atom. The van der Waals surface area contributed by atoms with Crippen LogP contribution in [0.15, 0.2) is 243 Å². The molecular formula is C79H80O21. The molecule has 0 aliphatic carbocycles. The van der Waals surface area contributed by atoms with Crippen LogP contribution in [0.5, 0.6) is 0 Å². The van der Waals surface area contributed by atoms with E-state index in [1.165, 1.54) is 43.5 Å². The molecule has 21 nitrogen and oxygen atoms in total. The van der Waals surface area contributed by atoms with Gasteiger partial charge in [-0.2, -0.15) is 0 Å². The third kappa shape index (κ3) is 20.0. The molecule has 0 spiro atoms. The molecule has 0 aromatic heterocycles. The zero-order valence-corrected chi connectivity index (χ0v) is 55.0. The van der Waals surface area contributed by atoms with Gasteiger partial charge in [0.2, 0.25) is 0 Å². The molecule has 21 heteroatoms. The van der Waals surface area contributed by atoms with E-state index < -0.39 is 162 Å². The molecule has 5 unspecified atom stereocenters. The minimum atomic E-state index is -2.08. The van der Waals surface area contributed by atoms with E-state index in [1.807, 2.05) is 30.3 Å². The molecule has 11 rings (SSSR count). The number of hydrogen-bond acceptors (Lipinski definition) is 21. The standard InChI is InChI=1S/C79H80O21/c1-52(80)92-69-67(63(50-87-45-55-30-14-5-15-31-55)94-77(85-3)72(69)93-53(2)81)99-79-73(98-76(84)61-42-26-11-27-43-61)70(66(97-75(83)60-40-24-10-25-41-60)64(96-79)51-91-74(82)59-38-22-9-23-39-59)100-78-71(90-48-58-36-20-8-21-37-58)68(89-47-57-34-18-7-19-35-57)65(88-46-56-32-16-6-17-33-56)62(95-78)49-86-44-54-28-12-4-13-29-54/h4-43,62-73,77-79H,44-51H2,1-3H3/t62-,63-,64-,65+,66+,67-,68+,69+,70+,71-,72-,73-,77+,78?,79+/m1/s1/i44D,46D,47D,48D/t44?,46?,47?,48?,62-,63-,64-,65+,66+,67-,68+,69+,70+,71-,72-,73-,77+,78?,79+. The summed E-state index contributed by atoms with van der Waals surface area (Å²) >= 11 is 0. The van der Waals surface area contributed by atoms with Crippen molar-refractivity contribution in [3.8, 4) is 0 Å². The summed E-state index contributed by atoms with van der Waals surface area (Å²) in [6.45, 7) is -5.55. The highest BCUT2D eigenvalue weighted by atomic mass is 16.8. The molecule has 0 amide bonds. The maximum absolute atomic E-state index is 15.3. The number of ether oxygens (including phenoxy) is 16. The fraction of sp³-hybridized carbons (Fsp3) is 0.329. The van der Waals surface area contributed by atoms with Gasteiger partial charge in [0.15, 0.2) is 43.3 Å². The van der Waals surface area contributed by atoms with Gasteiger partial charge in [0.1, 0.15) is 55.4 Å². The third-order valence-electron chi connectivity index (χ3n) is 16.2. The molecule has 8 aromatic carbocycles. The lowest BCUT2D eigenvalue weighted by Crippen LogP contribution is -2.69. The molecule has 0 bridgehead atoms. The highest BCUT2D eigenvalue weighted by molar-refractivity contribution is 5.90. The molecule has 0 saturated carbocycles. The average Bonchev–Trinajstić information content (AvgIpc) is 0.756. The van der Waals surface area contributed by atoms with Crippen molar-refractivity contribution in [3.63, 3.8) is 0 Å². The number of carbonyl (C=O) groups is 5.